The second kappa shape index (κ2) is 10.1. The maximum absolute atomic E-state index is 13.3. The summed E-state index contributed by atoms with van der Waals surface area (Å²) in [6, 6.07) is 13.2. The molecule has 2 amide bonds. The first-order valence-electron chi connectivity index (χ1n) is 9.47. The molecular weight excluding hydrogens is 442 g/mol. The predicted octanol–water partition coefficient (Wildman–Crippen LogP) is 4.73. The van der Waals surface area contributed by atoms with Crippen LogP contribution in [-0.4, -0.2) is 42.0 Å². The number of hydrogen-bond acceptors (Lipinski definition) is 4. The Morgan fingerprint density at radius 3 is 2.44 bits per heavy atom. The van der Waals surface area contributed by atoms with Crippen LogP contribution in [0.2, 0.25) is 5.02 Å². The quantitative estimate of drug-likeness (QED) is 0.534. The van der Waals surface area contributed by atoms with Crippen molar-refractivity contribution < 1.29 is 28.2 Å². The monoisotopic (exact) mass is 460 g/mol. The lowest BCUT2D eigenvalue weighted by atomic mass is 10.1. The van der Waals surface area contributed by atoms with E-state index in [1.807, 2.05) is 0 Å². The second-order valence-corrected chi connectivity index (χ2v) is 7.31. The van der Waals surface area contributed by atoms with Gasteiger partial charge in [0.1, 0.15) is 29.7 Å². The number of rotatable bonds is 7. The fourth-order valence-electron chi connectivity index (χ4n) is 2.84. The Morgan fingerprint density at radius 2 is 1.78 bits per heavy atom. The van der Waals surface area contributed by atoms with Crippen molar-refractivity contribution in [2.45, 2.75) is 0 Å². The molecule has 3 rings (SSSR count). The fourth-order valence-corrected chi connectivity index (χ4v) is 3.02. The molecule has 0 spiro atoms. The number of aromatic hydroxyl groups is 1. The van der Waals surface area contributed by atoms with Crippen LogP contribution in [0.15, 0.2) is 60.7 Å². The van der Waals surface area contributed by atoms with Gasteiger partial charge < -0.3 is 20.1 Å². The zero-order chi connectivity index (χ0) is 23.3. The van der Waals surface area contributed by atoms with Gasteiger partial charge in [0.05, 0.1) is 12.1 Å². The Labute approximate surface area is 188 Å². The summed E-state index contributed by atoms with van der Waals surface area (Å²) in [5, 5.41) is 13.2. The molecule has 166 valence electrons. The molecule has 3 aromatic rings. The predicted molar refractivity (Wildman–Crippen MR) is 116 cm³/mol. The van der Waals surface area contributed by atoms with Crippen molar-refractivity contribution in [2.75, 3.05) is 25.5 Å². The van der Waals surface area contributed by atoms with E-state index in [2.05, 4.69) is 5.32 Å². The number of nitrogens with one attached hydrogen (secondary N) is 1. The Balaban J connectivity index is 1.60. The zero-order valence-corrected chi connectivity index (χ0v) is 17.7. The van der Waals surface area contributed by atoms with Crippen molar-refractivity contribution in [2.24, 2.45) is 0 Å². The van der Waals surface area contributed by atoms with Gasteiger partial charge in [-0.25, -0.2) is 8.78 Å². The molecule has 3 aromatic carbocycles. The van der Waals surface area contributed by atoms with E-state index in [4.69, 9.17) is 16.3 Å². The van der Waals surface area contributed by atoms with Gasteiger partial charge >= 0.3 is 0 Å². The van der Waals surface area contributed by atoms with E-state index in [-0.39, 0.29) is 35.7 Å². The number of anilines is 1. The molecular formula is C23H19ClF2N2O4. The SMILES string of the molecule is CN(CCOc1cccc(Cl)c1)C(=O)c1ccc(NC(=O)c2cc(F)cc(F)c2)cc1O. The van der Waals surface area contributed by atoms with Crippen LogP contribution in [0, 0.1) is 11.6 Å². The average Bonchev–Trinajstić information content (AvgIpc) is 2.72. The Morgan fingerprint density at radius 1 is 1.06 bits per heavy atom. The minimum absolute atomic E-state index is 0.0186. The molecule has 0 aliphatic heterocycles. The smallest absolute Gasteiger partial charge is 0.257 e. The molecule has 0 saturated heterocycles. The highest BCUT2D eigenvalue weighted by molar-refractivity contribution is 6.30. The minimum Gasteiger partial charge on any atom is -0.507 e. The highest BCUT2D eigenvalue weighted by atomic mass is 35.5. The van der Waals surface area contributed by atoms with Gasteiger partial charge in [0.2, 0.25) is 0 Å². The van der Waals surface area contributed by atoms with E-state index in [9.17, 15) is 23.5 Å². The van der Waals surface area contributed by atoms with Crippen molar-refractivity contribution in [1.29, 1.82) is 0 Å². The van der Waals surface area contributed by atoms with Crippen LogP contribution in [0.25, 0.3) is 0 Å². The number of likely N-dealkylation sites (N-methyl/N-ethyl adjacent to an activating group) is 1. The van der Waals surface area contributed by atoms with Crippen LogP contribution < -0.4 is 10.1 Å². The normalized spacial score (nSPS) is 10.5. The van der Waals surface area contributed by atoms with E-state index in [0.29, 0.717) is 16.8 Å². The van der Waals surface area contributed by atoms with Gasteiger partial charge in [-0.1, -0.05) is 17.7 Å². The molecule has 32 heavy (non-hydrogen) atoms. The van der Waals surface area contributed by atoms with Crippen molar-refractivity contribution >= 4 is 29.1 Å². The van der Waals surface area contributed by atoms with E-state index in [1.165, 1.54) is 23.1 Å². The number of benzene rings is 3. The van der Waals surface area contributed by atoms with E-state index in [0.717, 1.165) is 12.1 Å². The summed E-state index contributed by atoms with van der Waals surface area (Å²) in [6.07, 6.45) is 0. The molecule has 0 unspecified atom stereocenters. The maximum Gasteiger partial charge on any atom is 0.257 e. The molecule has 9 heteroatoms. The van der Waals surface area contributed by atoms with Gasteiger partial charge in [0.15, 0.2) is 0 Å². The largest absolute Gasteiger partial charge is 0.507 e. The van der Waals surface area contributed by atoms with Crippen molar-refractivity contribution in [3.63, 3.8) is 0 Å². The summed E-state index contributed by atoms with van der Waals surface area (Å²) in [7, 11) is 1.55. The highest BCUT2D eigenvalue weighted by Crippen LogP contribution is 2.24. The molecule has 0 aliphatic carbocycles. The number of ether oxygens (including phenoxy) is 1. The first-order valence-corrected chi connectivity index (χ1v) is 9.85. The summed E-state index contributed by atoms with van der Waals surface area (Å²) in [5.41, 5.74) is -0.0488. The first kappa shape index (κ1) is 23.0. The van der Waals surface area contributed by atoms with Gasteiger partial charge in [-0.05, 0) is 42.5 Å². The van der Waals surface area contributed by atoms with Crippen molar-refractivity contribution in [1.82, 2.24) is 4.90 Å². The van der Waals surface area contributed by atoms with E-state index >= 15 is 0 Å². The fraction of sp³-hybridized carbons (Fsp3) is 0.130. The number of halogens is 3. The number of phenols is 1. The highest BCUT2D eigenvalue weighted by Gasteiger charge is 2.17. The summed E-state index contributed by atoms with van der Waals surface area (Å²) >= 11 is 5.90. The van der Waals surface area contributed by atoms with Crippen molar-refractivity contribution in [3.05, 3.63) is 88.4 Å². The minimum atomic E-state index is -0.888. The molecule has 0 aromatic heterocycles. The summed E-state index contributed by atoms with van der Waals surface area (Å²) in [4.78, 5) is 26.2. The van der Waals surface area contributed by atoms with Crippen LogP contribution in [0.4, 0.5) is 14.5 Å². The number of carbonyl (C=O) groups excluding carboxylic acids is 2. The molecule has 0 bridgehead atoms. The second-order valence-electron chi connectivity index (χ2n) is 6.88. The molecule has 0 saturated carbocycles. The number of phenolic OH excluding ortho intramolecular Hbond substituents is 1. The van der Waals surface area contributed by atoms with Crippen LogP contribution in [-0.2, 0) is 0 Å². The number of amides is 2. The number of carbonyl (C=O) groups is 2. The van der Waals surface area contributed by atoms with Gasteiger partial charge in [0.25, 0.3) is 11.8 Å². The Kier molecular flexibility index (Phi) is 7.27. The molecule has 2 N–H and O–H groups in total. The van der Waals surface area contributed by atoms with Gasteiger partial charge in [-0.2, -0.15) is 0 Å². The lowest BCUT2D eigenvalue weighted by Crippen LogP contribution is -2.31. The number of nitrogens with zero attached hydrogens (tertiary/aromatic N) is 1. The topological polar surface area (TPSA) is 78.9 Å². The lowest BCUT2D eigenvalue weighted by molar-refractivity contribution is 0.0770. The lowest BCUT2D eigenvalue weighted by Gasteiger charge is -2.18. The standard InChI is InChI=1S/C23H19ClF2N2O4/c1-28(7-8-32-19-4-2-3-15(24)11-19)23(31)20-6-5-18(13-21(20)29)27-22(30)14-9-16(25)12-17(26)10-14/h2-6,9-13,29H,7-8H2,1H3,(H,27,30). The third-order valence-electron chi connectivity index (χ3n) is 4.45. The van der Waals surface area contributed by atoms with Crippen LogP contribution in [0.1, 0.15) is 20.7 Å². The van der Waals surface area contributed by atoms with E-state index in [1.54, 1.807) is 31.3 Å². The van der Waals surface area contributed by atoms with Gasteiger partial charge in [0, 0.05) is 35.5 Å². The summed E-state index contributed by atoms with van der Waals surface area (Å²) in [6.45, 7) is 0.454. The molecule has 6 nitrogen and oxygen atoms in total. The molecule has 0 fully saturated rings. The summed E-state index contributed by atoms with van der Waals surface area (Å²) < 4.78 is 32.1. The Bertz CT molecular complexity index is 1140. The average molecular weight is 461 g/mol. The molecule has 0 aliphatic rings. The van der Waals surface area contributed by atoms with Crippen LogP contribution in [0.5, 0.6) is 11.5 Å². The maximum atomic E-state index is 13.3. The van der Waals surface area contributed by atoms with Crippen LogP contribution >= 0.6 is 11.6 Å². The molecule has 0 atom stereocenters. The third kappa shape index (κ3) is 5.95. The van der Waals surface area contributed by atoms with Gasteiger partial charge in [-0.3, -0.25) is 9.59 Å². The zero-order valence-electron chi connectivity index (χ0n) is 16.9. The third-order valence-corrected chi connectivity index (χ3v) is 4.68. The van der Waals surface area contributed by atoms with E-state index < -0.39 is 23.4 Å². The van der Waals surface area contributed by atoms with Crippen molar-refractivity contribution in [3.8, 4) is 11.5 Å². The van der Waals surface area contributed by atoms with Crippen LogP contribution in [0.3, 0.4) is 0 Å². The Hall–Kier alpha value is -3.65. The summed E-state index contributed by atoms with van der Waals surface area (Å²) in [5.74, 6) is -2.79. The first-order chi connectivity index (χ1) is 15.2. The molecule has 0 radical (unpaired) electrons. The molecule has 0 heterocycles. The number of hydrogen-bond donors (Lipinski definition) is 2. The van der Waals surface area contributed by atoms with Gasteiger partial charge in [-0.15, -0.1) is 0 Å².